The Morgan fingerprint density at radius 2 is 2.05 bits per heavy atom. The number of hydrogen-bond acceptors (Lipinski definition) is 3. The Labute approximate surface area is 127 Å². The van der Waals surface area contributed by atoms with Crippen molar-refractivity contribution >= 4 is 18.3 Å². The van der Waals surface area contributed by atoms with Gasteiger partial charge in [0.2, 0.25) is 5.91 Å². The van der Waals surface area contributed by atoms with Crippen molar-refractivity contribution in [3.8, 4) is 5.75 Å². The van der Waals surface area contributed by atoms with Crippen LogP contribution in [0.15, 0.2) is 24.3 Å². The molecule has 0 radical (unpaired) electrons. The van der Waals surface area contributed by atoms with Crippen molar-refractivity contribution < 1.29 is 22.7 Å². The largest absolute Gasteiger partial charge is 0.573 e. The summed E-state index contributed by atoms with van der Waals surface area (Å²) in [6.07, 6.45) is -3.81. The molecule has 2 N–H and O–H groups in total. The molecule has 0 heterocycles. The van der Waals surface area contributed by atoms with Gasteiger partial charge in [0, 0.05) is 20.0 Å². The van der Waals surface area contributed by atoms with E-state index >= 15 is 0 Å². The summed E-state index contributed by atoms with van der Waals surface area (Å²) in [5.41, 5.74) is 5.88. The summed E-state index contributed by atoms with van der Waals surface area (Å²) in [6.45, 7) is 0.646. The Bertz CT molecular complexity index is 455. The quantitative estimate of drug-likeness (QED) is 0.874. The van der Waals surface area contributed by atoms with Crippen LogP contribution < -0.4 is 10.5 Å². The molecule has 0 aliphatic heterocycles. The van der Waals surface area contributed by atoms with Crippen LogP contribution >= 0.6 is 12.4 Å². The first-order valence-electron chi connectivity index (χ1n) is 6.10. The van der Waals surface area contributed by atoms with E-state index in [2.05, 4.69) is 4.74 Å². The topological polar surface area (TPSA) is 55.6 Å². The highest BCUT2D eigenvalue weighted by Gasteiger charge is 2.31. The summed E-state index contributed by atoms with van der Waals surface area (Å²) in [4.78, 5) is 13.1. The van der Waals surface area contributed by atoms with Crippen LogP contribution in [0.1, 0.15) is 18.4 Å². The predicted molar refractivity (Wildman–Crippen MR) is 75.1 cm³/mol. The summed E-state index contributed by atoms with van der Waals surface area (Å²) >= 11 is 0. The molecular formula is C13H18ClF3N2O2. The Morgan fingerprint density at radius 3 is 2.62 bits per heavy atom. The average Bonchev–Trinajstić information content (AvgIpc) is 2.34. The Hall–Kier alpha value is -1.47. The highest BCUT2D eigenvalue weighted by Crippen LogP contribution is 2.23. The summed E-state index contributed by atoms with van der Waals surface area (Å²) in [5.74, 6) is -0.393. The molecule has 0 spiro atoms. The molecule has 0 fully saturated rings. The molecule has 0 saturated carbocycles. The van der Waals surface area contributed by atoms with Gasteiger partial charge in [-0.25, -0.2) is 0 Å². The van der Waals surface area contributed by atoms with Crippen molar-refractivity contribution in [2.45, 2.75) is 25.7 Å². The fraction of sp³-hybridized carbons (Fsp3) is 0.462. The highest BCUT2D eigenvalue weighted by molar-refractivity contribution is 5.85. The number of halogens is 4. The molecule has 21 heavy (non-hydrogen) atoms. The minimum Gasteiger partial charge on any atom is -0.406 e. The van der Waals surface area contributed by atoms with E-state index in [-0.39, 0.29) is 30.6 Å². The van der Waals surface area contributed by atoms with Crippen molar-refractivity contribution in [3.05, 3.63) is 29.8 Å². The molecule has 1 rings (SSSR count). The zero-order chi connectivity index (χ0) is 15.2. The molecule has 8 heteroatoms. The first kappa shape index (κ1) is 19.5. The maximum absolute atomic E-state index is 12.1. The Kier molecular flexibility index (Phi) is 8.12. The second-order valence-corrected chi connectivity index (χ2v) is 4.34. The van der Waals surface area contributed by atoms with Crippen LogP contribution in [-0.2, 0) is 11.3 Å². The van der Waals surface area contributed by atoms with Gasteiger partial charge in [-0.15, -0.1) is 25.6 Å². The van der Waals surface area contributed by atoms with Gasteiger partial charge in [0.15, 0.2) is 0 Å². The minimum absolute atomic E-state index is 0. The second-order valence-electron chi connectivity index (χ2n) is 4.34. The fourth-order valence-electron chi connectivity index (χ4n) is 1.65. The number of amides is 1. The van der Waals surface area contributed by atoms with E-state index in [1.54, 1.807) is 13.1 Å². The van der Waals surface area contributed by atoms with Crippen LogP contribution in [0.25, 0.3) is 0 Å². The van der Waals surface area contributed by atoms with E-state index < -0.39 is 6.36 Å². The van der Waals surface area contributed by atoms with E-state index in [0.29, 0.717) is 24.9 Å². The zero-order valence-corrected chi connectivity index (χ0v) is 12.3. The lowest BCUT2D eigenvalue weighted by Crippen LogP contribution is -2.26. The molecular weight excluding hydrogens is 309 g/mol. The lowest BCUT2D eigenvalue weighted by molar-refractivity contribution is -0.274. The first-order valence-corrected chi connectivity index (χ1v) is 6.10. The standard InChI is InChI=1S/C13H17F3N2O2.ClH/c1-18(12(19)6-3-7-17)9-10-4-2-5-11(8-10)20-13(14,15)16;/h2,4-5,8H,3,6-7,9,17H2,1H3;1H. The van der Waals surface area contributed by atoms with Crippen molar-refractivity contribution in [2.24, 2.45) is 5.73 Å². The van der Waals surface area contributed by atoms with E-state index in [9.17, 15) is 18.0 Å². The lowest BCUT2D eigenvalue weighted by Gasteiger charge is -2.18. The van der Waals surface area contributed by atoms with Crippen molar-refractivity contribution in [1.82, 2.24) is 4.90 Å². The van der Waals surface area contributed by atoms with E-state index in [4.69, 9.17) is 5.73 Å². The number of carbonyl (C=O) groups is 1. The first-order chi connectivity index (χ1) is 9.31. The molecule has 0 saturated heterocycles. The third-order valence-corrected chi connectivity index (χ3v) is 2.57. The van der Waals surface area contributed by atoms with E-state index in [1.165, 1.54) is 23.1 Å². The number of rotatable bonds is 6. The molecule has 0 aliphatic carbocycles. The van der Waals surface area contributed by atoms with Gasteiger partial charge in [-0.05, 0) is 30.7 Å². The summed E-state index contributed by atoms with van der Waals surface area (Å²) in [7, 11) is 1.59. The monoisotopic (exact) mass is 326 g/mol. The molecule has 4 nitrogen and oxygen atoms in total. The molecule has 0 bridgehead atoms. The predicted octanol–water partition coefficient (Wildman–Crippen LogP) is 2.70. The molecule has 1 aromatic rings. The number of nitrogens with zero attached hydrogens (tertiary/aromatic N) is 1. The van der Waals surface area contributed by atoms with Crippen LogP contribution in [0.3, 0.4) is 0 Å². The highest BCUT2D eigenvalue weighted by atomic mass is 35.5. The maximum atomic E-state index is 12.1. The molecule has 120 valence electrons. The van der Waals surface area contributed by atoms with Gasteiger partial charge < -0.3 is 15.4 Å². The van der Waals surface area contributed by atoms with Gasteiger partial charge in [-0.2, -0.15) is 0 Å². The third-order valence-electron chi connectivity index (χ3n) is 2.57. The van der Waals surface area contributed by atoms with Crippen molar-refractivity contribution in [3.63, 3.8) is 0 Å². The minimum atomic E-state index is -4.72. The van der Waals surface area contributed by atoms with E-state index in [1.807, 2.05) is 0 Å². The Morgan fingerprint density at radius 1 is 1.38 bits per heavy atom. The summed E-state index contributed by atoms with van der Waals surface area (Å²) in [6, 6.07) is 5.57. The molecule has 1 amide bonds. The average molecular weight is 327 g/mol. The number of benzene rings is 1. The van der Waals surface area contributed by atoms with Gasteiger partial charge in [-0.1, -0.05) is 12.1 Å². The van der Waals surface area contributed by atoms with Gasteiger partial charge in [0.25, 0.3) is 0 Å². The van der Waals surface area contributed by atoms with Crippen LogP contribution in [-0.4, -0.2) is 30.8 Å². The van der Waals surface area contributed by atoms with Gasteiger partial charge in [-0.3, -0.25) is 4.79 Å². The van der Waals surface area contributed by atoms with Gasteiger partial charge in [0.05, 0.1) is 0 Å². The van der Waals surface area contributed by atoms with Crippen LogP contribution in [0.5, 0.6) is 5.75 Å². The normalized spacial score (nSPS) is 10.7. The number of nitrogens with two attached hydrogens (primary N) is 1. The van der Waals surface area contributed by atoms with Crippen molar-refractivity contribution in [1.29, 1.82) is 0 Å². The molecule has 1 aromatic carbocycles. The maximum Gasteiger partial charge on any atom is 0.573 e. The number of hydrogen-bond donors (Lipinski definition) is 1. The van der Waals surface area contributed by atoms with E-state index in [0.717, 1.165) is 0 Å². The fourth-order valence-corrected chi connectivity index (χ4v) is 1.65. The third kappa shape index (κ3) is 7.77. The van der Waals surface area contributed by atoms with Crippen LogP contribution in [0.4, 0.5) is 13.2 Å². The SMILES string of the molecule is CN(Cc1cccc(OC(F)(F)F)c1)C(=O)CCCN.Cl. The summed E-state index contributed by atoms with van der Waals surface area (Å²) in [5, 5.41) is 0. The number of ether oxygens (including phenoxy) is 1. The Balaban J connectivity index is 0.00000400. The van der Waals surface area contributed by atoms with Crippen LogP contribution in [0.2, 0.25) is 0 Å². The second kappa shape index (κ2) is 8.74. The molecule has 0 aliphatic rings. The number of carbonyl (C=O) groups excluding carboxylic acids is 1. The molecule has 0 atom stereocenters. The van der Waals surface area contributed by atoms with Crippen molar-refractivity contribution in [2.75, 3.05) is 13.6 Å². The lowest BCUT2D eigenvalue weighted by atomic mass is 10.2. The molecule has 0 unspecified atom stereocenters. The number of alkyl halides is 3. The van der Waals surface area contributed by atoms with Gasteiger partial charge in [0.1, 0.15) is 5.75 Å². The summed E-state index contributed by atoms with van der Waals surface area (Å²) < 4.78 is 40.1. The smallest absolute Gasteiger partial charge is 0.406 e. The molecule has 0 aromatic heterocycles. The van der Waals surface area contributed by atoms with Crippen LogP contribution in [0, 0.1) is 0 Å². The van der Waals surface area contributed by atoms with Gasteiger partial charge >= 0.3 is 6.36 Å². The zero-order valence-electron chi connectivity index (χ0n) is 11.5.